The minimum atomic E-state index is 0.0486. The third kappa shape index (κ3) is 2.38. The Kier molecular flexibility index (Phi) is 3.50. The number of rotatable bonds is 3. The van der Waals surface area contributed by atoms with Gasteiger partial charge in [-0.2, -0.15) is 0 Å². The summed E-state index contributed by atoms with van der Waals surface area (Å²) in [6.07, 6.45) is 2.54. The second kappa shape index (κ2) is 4.72. The highest BCUT2D eigenvalue weighted by Gasteiger charge is 2.40. The molecule has 1 aliphatic carbocycles. The van der Waals surface area contributed by atoms with Crippen LogP contribution in [0.5, 0.6) is 0 Å². The summed E-state index contributed by atoms with van der Waals surface area (Å²) >= 11 is 0. The Balaban J connectivity index is 2.14. The number of nitrogens with one attached hydrogen (secondary N) is 1. The lowest BCUT2D eigenvalue weighted by Crippen LogP contribution is -2.50. The summed E-state index contributed by atoms with van der Waals surface area (Å²) in [5.41, 5.74) is 0. The number of likely N-dealkylation sites (N-methyl/N-ethyl adjacent to an activating group) is 2. The Hall–Kier alpha value is -0.610. The zero-order valence-corrected chi connectivity index (χ0v) is 10.6. The first-order valence-electron chi connectivity index (χ1n) is 6.28. The predicted molar refractivity (Wildman–Crippen MR) is 64.2 cm³/mol. The van der Waals surface area contributed by atoms with Gasteiger partial charge >= 0.3 is 0 Å². The van der Waals surface area contributed by atoms with E-state index in [1.807, 2.05) is 19.0 Å². The zero-order chi connectivity index (χ0) is 11.7. The van der Waals surface area contributed by atoms with Crippen LogP contribution in [-0.4, -0.2) is 61.5 Å². The van der Waals surface area contributed by atoms with Gasteiger partial charge in [0.05, 0.1) is 0 Å². The van der Waals surface area contributed by atoms with Gasteiger partial charge in [-0.25, -0.2) is 0 Å². The first-order valence-corrected chi connectivity index (χ1v) is 6.28. The van der Waals surface area contributed by atoms with Gasteiger partial charge in [0.1, 0.15) is 6.04 Å². The monoisotopic (exact) mass is 225 g/mol. The summed E-state index contributed by atoms with van der Waals surface area (Å²) in [5.74, 6) is 0.863. The van der Waals surface area contributed by atoms with Crippen LogP contribution >= 0.6 is 0 Å². The largest absolute Gasteiger partial charge is 0.344 e. The van der Waals surface area contributed by atoms with Crippen molar-refractivity contribution in [3.63, 3.8) is 0 Å². The lowest BCUT2D eigenvalue weighted by atomic mass is 10.1. The molecule has 1 heterocycles. The molecule has 0 radical (unpaired) electrons. The maximum absolute atomic E-state index is 12.3. The third-order valence-electron chi connectivity index (χ3n) is 3.58. The van der Waals surface area contributed by atoms with E-state index in [0.29, 0.717) is 12.0 Å². The maximum Gasteiger partial charge on any atom is 0.241 e. The number of nitrogens with zero attached hydrogens (tertiary/aromatic N) is 2. The molecule has 2 rings (SSSR count). The number of hydrogen-bond acceptors (Lipinski definition) is 3. The molecule has 0 bridgehead atoms. The van der Waals surface area contributed by atoms with Crippen LogP contribution in [0.25, 0.3) is 0 Å². The van der Waals surface area contributed by atoms with Crippen LogP contribution in [0.3, 0.4) is 0 Å². The number of amides is 1. The van der Waals surface area contributed by atoms with Crippen molar-refractivity contribution < 1.29 is 4.79 Å². The molecular weight excluding hydrogens is 202 g/mol. The van der Waals surface area contributed by atoms with Crippen LogP contribution in [0.4, 0.5) is 0 Å². The molecule has 92 valence electrons. The van der Waals surface area contributed by atoms with Gasteiger partial charge < -0.3 is 10.2 Å². The molecule has 1 saturated heterocycles. The van der Waals surface area contributed by atoms with Crippen LogP contribution in [0, 0.1) is 5.92 Å². The molecule has 0 spiro atoms. The number of carbonyl (C=O) groups excluding carboxylic acids is 1. The summed E-state index contributed by atoms with van der Waals surface area (Å²) in [6, 6.07) is 0.712. The van der Waals surface area contributed by atoms with Gasteiger partial charge in [0.15, 0.2) is 0 Å². The normalized spacial score (nSPS) is 32.9. The molecule has 1 N–H and O–H groups in total. The lowest BCUT2D eigenvalue weighted by molar-refractivity contribution is -0.134. The molecule has 1 saturated carbocycles. The Labute approximate surface area is 98.0 Å². The van der Waals surface area contributed by atoms with Gasteiger partial charge in [0.25, 0.3) is 0 Å². The van der Waals surface area contributed by atoms with Crippen molar-refractivity contribution in [2.75, 3.05) is 33.7 Å². The molecule has 2 fully saturated rings. The first-order chi connectivity index (χ1) is 7.63. The van der Waals surface area contributed by atoms with Crippen LogP contribution < -0.4 is 5.32 Å². The van der Waals surface area contributed by atoms with E-state index in [1.165, 1.54) is 12.8 Å². The summed E-state index contributed by atoms with van der Waals surface area (Å²) in [7, 11) is 3.85. The van der Waals surface area contributed by atoms with Crippen LogP contribution in [-0.2, 0) is 4.79 Å². The van der Waals surface area contributed by atoms with E-state index in [4.69, 9.17) is 0 Å². The second-order valence-electron chi connectivity index (χ2n) is 5.33. The van der Waals surface area contributed by atoms with Crippen molar-refractivity contribution in [2.24, 2.45) is 5.92 Å². The maximum atomic E-state index is 12.3. The van der Waals surface area contributed by atoms with Crippen molar-refractivity contribution in [3.8, 4) is 0 Å². The second-order valence-corrected chi connectivity index (χ2v) is 5.33. The number of hydrogen-bond donors (Lipinski definition) is 1. The van der Waals surface area contributed by atoms with E-state index < -0.39 is 0 Å². The quantitative estimate of drug-likeness (QED) is 0.742. The topological polar surface area (TPSA) is 35.6 Å². The van der Waals surface area contributed by atoms with Crippen molar-refractivity contribution >= 4 is 5.91 Å². The molecule has 2 aliphatic rings. The van der Waals surface area contributed by atoms with Crippen molar-refractivity contribution in [2.45, 2.75) is 31.8 Å². The highest BCUT2D eigenvalue weighted by molar-refractivity contribution is 5.82. The highest BCUT2D eigenvalue weighted by atomic mass is 16.2. The van der Waals surface area contributed by atoms with Crippen molar-refractivity contribution in [1.82, 2.24) is 15.1 Å². The fraction of sp³-hybridized carbons (Fsp3) is 0.917. The number of carbonyl (C=O) groups is 1. The molecule has 16 heavy (non-hydrogen) atoms. The first kappa shape index (κ1) is 11.9. The van der Waals surface area contributed by atoms with Crippen molar-refractivity contribution in [3.05, 3.63) is 0 Å². The van der Waals surface area contributed by atoms with Gasteiger partial charge in [-0.05, 0) is 25.8 Å². The third-order valence-corrected chi connectivity index (χ3v) is 3.58. The summed E-state index contributed by atoms with van der Waals surface area (Å²) in [4.78, 5) is 16.6. The Morgan fingerprint density at radius 2 is 2.06 bits per heavy atom. The molecule has 0 aromatic carbocycles. The molecule has 0 aromatic rings. The Morgan fingerprint density at radius 1 is 1.38 bits per heavy atom. The molecular formula is C12H23N3O. The van der Waals surface area contributed by atoms with E-state index in [1.54, 1.807) is 0 Å². The molecule has 1 amide bonds. The Morgan fingerprint density at radius 3 is 2.62 bits per heavy atom. The standard InChI is InChI=1S/C12H23N3O/c1-9-7-14(3)12(16)11(6-13-2)15(8-9)10-4-5-10/h9-11,13H,4-8H2,1-3H3. The summed E-state index contributed by atoms with van der Waals surface area (Å²) in [5, 5.41) is 3.15. The van der Waals surface area contributed by atoms with Gasteiger partial charge in [-0.3, -0.25) is 9.69 Å². The summed E-state index contributed by atoms with van der Waals surface area (Å²) in [6.45, 7) is 4.96. The van der Waals surface area contributed by atoms with Gasteiger partial charge in [-0.1, -0.05) is 6.92 Å². The SMILES string of the molecule is CNCC1C(=O)N(C)CC(C)CN1C1CC1. The smallest absolute Gasteiger partial charge is 0.241 e. The fourth-order valence-corrected chi connectivity index (χ4v) is 2.71. The predicted octanol–water partition coefficient (Wildman–Crippen LogP) is 0.147. The molecule has 2 unspecified atom stereocenters. The van der Waals surface area contributed by atoms with E-state index >= 15 is 0 Å². The van der Waals surface area contributed by atoms with Gasteiger partial charge in [-0.15, -0.1) is 0 Å². The molecule has 1 aliphatic heterocycles. The van der Waals surface area contributed by atoms with Crippen molar-refractivity contribution in [1.29, 1.82) is 0 Å². The van der Waals surface area contributed by atoms with E-state index in [2.05, 4.69) is 17.1 Å². The minimum absolute atomic E-state index is 0.0486. The Bertz CT molecular complexity index is 265. The van der Waals surface area contributed by atoms with Gasteiger partial charge in [0, 0.05) is 32.7 Å². The highest BCUT2D eigenvalue weighted by Crippen LogP contribution is 2.31. The molecule has 4 heteroatoms. The summed E-state index contributed by atoms with van der Waals surface area (Å²) < 4.78 is 0. The van der Waals surface area contributed by atoms with E-state index in [0.717, 1.165) is 19.6 Å². The minimum Gasteiger partial charge on any atom is -0.344 e. The molecule has 4 nitrogen and oxygen atoms in total. The van der Waals surface area contributed by atoms with Crippen LogP contribution in [0.15, 0.2) is 0 Å². The zero-order valence-electron chi connectivity index (χ0n) is 10.6. The lowest BCUT2D eigenvalue weighted by Gasteiger charge is -2.29. The van der Waals surface area contributed by atoms with Crippen LogP contribution in [0.1, 0.15) is 19.8 Å². The average Bonchev–Trinajstić information content (AvgIpc) is 3.04. The van der Waals surface area contributed by atoms with Gasteiger partial charge in [0.2, 0.25) is 5.91 Å². The fourth-order valence-electron chi connectivity index (χ4n) is 2.71. The average molecular weight is 225 g/mol. The molecule has 0 aromatic heterocycles. The van der Waals surface area contributed by atoms with Crippen LogP contribution in [0.2, 0.25) is 0 Å². The molecule has 2 atom stereocenters. The van der Waals surface area contributed by atoms with E-state index in [9.17, 15) is 4.79 Å². The van der Waals surface area contributed by atoms with E-state index in [-0.39, 0.29) is 11.9 Å².